The molecule has 2 aromatic rings. The van der Waals surface area contributed by atoms with E-state index in [1.807, 2.05) is 18.2 Å². The van der Waals surface area contributed by atoms with Crippen LogP contribution in [0.15, 0.2) is 41.6 Å². The number of amides is 2. The highest BCUT2D eigenvalue weighted by atomic mass is 16.3. The Morgan fingerprint density at radius 3 is 2.30 bits per heavy atom. The van der Waals surface area contributed by atoms with E-state index in [1.165, 1.54) is 27.2 Å². The van der Waals surface area contributed by atoms with Gasteiger partial charge in [0.1, 0.15) is 5.69 Å². The first-order valence-electron chi connectivity index (χ1n) is 15.2. The molecular formula is C34H43N3O3. The molecule has 6 atom stereocenters. The number of nitrogen functional groups attached to an aromatic ring is 1. The van der Waals surface area contributed by atoms with E-state index in [0.717, 1.165) is 69.9 Å². The number of nitrogens with zero attached hydrogens (tertiary/aromatic N) is 2. The third kappa shape index (κ3) is 3.88. The van der Waals surface area contributed by atoms with Crippen molar-refractivity contribution in [2.45, 2.75) is 95.8 Å². The molecule has 0 bridgehead atoms. The van der Waals surface area contributed by atoms with E-state index in [4.69, 9.17) is 5.73 Å². The molecule has 2 amide bonds. The van der Waals surface area contributed by atoms with Gasteiger partial charge in [-0.3, -0.25) is 14.5 Å². The summed E-state index contributed by atoms with van der Waals surface area (Å²) in [5.74, 6) is 0.0736. The fourth-order valence-electron chi connectivity index (χ4n) is 9.82. The minimum Gasteiger partial charge on any atom is -0.399 e. The van der Waals surface area contributed by atoms with E-state index in [1.54, 1.807) is 13.1 Å². The number of carbonyl (C=O) groups excluding carboxylic acids is 2. The van der Waals surface area contributed by atoms with Crippen molar-refractivity contribution in [2.75, 3.05) is 12.8 Å². The summed E-state index contributed by atoms with van der Waals surface area (Å²) in [6, 6.07) is 12.0. The van der Waals surface area contributed by atoms with Gasteiger partial charge in [-0.25, -0.2) is 0 Å². The van der Waals surface area contributed by atoms with Gasteiger partial charge in [0.15, 0.2) is 0 Å². The Morgan fingerprint density at radius 2 is 1.55 bits per heavy atom. The van der Waals surface area contributed by atoms with Crippen LogP contribution in [0.2, 0.25) is 0 Å². The van der Waals surface area contributed by atoms with Crippen molar-refractivity contribution in [1.29, 1.82) is 0 Å². The van der Waals surface area contributed by atoms with Gasteiger partial charge in [-0.05, 0) is 126 Å². The molecule has 0 heterocycles. The highest BCUT2D eigenvalue weighted by Gasteiger charge is 2.57. The van der Waals surface area contributed by atoms with Crippen LogP contribution in [0.3, 0.4) is 0 Å². The van der Waals surface area contributed by atoms with E-state index >= 15 is 0 Å². The molecule has 0 aromatic heterocycles. The molecule has 4 aliphatic carbocycles. The summed E-state index contributed by atoms with van der Waals surface area (Å²) in [6.07, 6.45) is 9.22. The number of anilines is 1. The Balaban J connectivity index is 1.28. The van der Waals surface area contributed by atoms with Gasteiger partial charge in [0.25, 0.3) is 0 Å². The van der Waals surface area contributed by atoms with E-state index < -0.39 is 5.41 Å². The zero-order valence-electron chi connectivity index (χ0n) is 24.5. The summed E-state index contributed by atoms with van der Waals surface area (Å²) in [7, 11) is 1.73. The quantitative estimate of drug-likeness (QED) is 0.258. The molecule has 0 aliphatic heterocycles. The van der Waals surface area contributed by atoms with Crippen molar-refractivity contribution in [1.82, 2.24) is 4.90 Å². The Morgan fingerprint density at radius 1 is 0.875 bits per heavy atom. The van der Waals surface area contributed by atoms with E-state index in [0.29, 0.717) is 5.69 Å². The van der Waals surface area contributed by atoms with Crippen LogP contribution in [-0.4, -0.2) is 23.8 Å². The molecule has 4 aliphatic rings. The van der Waals surface area contributed by atoms with Crippen LogP contribution in [0.1, 0.15) is 94.4 Å². The van der Waals surface area contributed by atoms with Crippen LogP contribution in [0.4, 0.5) is 11.4 Å². The van der Waals surface area contributed by atoms with Gasteiger partial charge in [0, 0.05) is 18.7 Å². The van der Waals surface area contributed by atoms with Gasteiger partial charge in [-0.15, -0.1) is 4.91 Å². The number of rotatable bonds is 3. The first-order chi connectivity index (χ1) is 19.0. The third-order valence-corrected chi connectivity index (χ3v) is 11.9. The standard InChI is InChI=1S/C34H43N3O3/c1-32-16-5-7-25(26(32)14-10-22-9-13-24(36-40)20-28(22)32)30(38)37(4)31(39)34(3)18-6-17-33(2)27-19-23(35)12-8-21(27)11-15-29(33)34/h8-9,12-13,19-20,25-26,29H,5-7,10-11,14-18,35H2,1-4H3/t25?,26?,29?,32?,33?,34-/m0/s1. The molecule has 6 nitrogen and oxygen atoms in total. The van der Waals surface area contributed by atoms with Crippen LogP contribution in [-0.2, 0) is 33.3 Å². The average Bonchev–Trinajstić information content (AvgIpc) is 2.95. The fourth-order valence-corrected chi connectivity index (χ4v) is 9.82. The SMILES string of the molecule is CN(C(=O)C1CCCC2(C)c3cc(N=O)ccc3CCC12)C(=O)[C@@]1(C)CCCC2(C)c3cc(N)ccc3CCC21. The van der Waals surface area contributed by atoms with E-state index in [-0.39, 0.29) is 40.4 Å². The fraction of sp³-hybridized carbons (Fsp3) is 0.588. The minimum absolute atomic E-state index is 0.0169. The summed E-state index contributed by atoms with van der Waals surface area (Å²) >= 11 is 0. The maximum atomic E-state index is 14.4. The molecule has 0 saturated heterocycles. The molecule has 5 unspecified atom stereocenters. The smallest absolute Gasteiger partial charge is 0.235 e. The summed E-state index contributed by atoms with van der Waals surface area (Å²) in [5, 5.41) is 3.19. The molecule has 2 N–H and O–H groups in total. The topological polar surface area (TPSA) is 92.8 Å². The zero-order valence-corrected chi connectivity index (χ0v) is 24.5. The lowest BCUT2D eigenvalue weighted by molar-refractivity contribution is -0.160. The van der Waals surface area contributed by atoms with Gasteiger partial charge in [-0.1, -0.05) is 45.7 Å². The van der Waals surface area contributed by atoms with Gasteiger partial charge in [0.05, 0.1) is 5.41 Å². The maximum absolute atomic E-state index is 14.4. The summed E-state index contributed by atoms with van der Waals surface area (Å²) in [5.41, 5.74) is 11.6. The van der Waals surface area contributed by atoms with Crippen LogP contribution >= 0.6 is 0 Å². The minimum atomic E-state index is -0.596. The van der Waals surface area contributed by atoms with Crippen LogP contribution in [0, 0.1) is 28.1 Å². The number of carbonyl (C=O) groups is 2. The van der Waals surface area contributed by atoms with E-state index in [9.17, 15) is 14.5 Å². The van der Waals surface area contributed by atoms with Crippen LogP contribution in [0.25, 0.3) is 0 Å². The first-order valence-corrected chi connectivity index (χ1v) is 15.2. The molecule has 0 spiro atoms. The normalized spacial score (nSPS) is 34.5. The number of fused-ring (bicyclic) bond motifs is 6. The molecule has 6 rings (SSSR count). The summed E-state index contributed by atoms with van der Waals surface area (Å²) in [6.45, 7) is 6.69. The first kappa shape index (κ1) is 27.2. The average molecular weight is 542 g/mol. The molecule has 0 radical (unpaired) electrons. The molecule has 40 heavy (non-hydrogen) atoms. The van der Waals surface area contributed by atoms with Crippen molar-refractivity contribution in [3.8, 4) is 0 Å². The van der Waals surface area contributed by atoms with Crippen LogP contribution < -0.4 is 5.73 Å². The highest BCUT2D eigenvalue weighted by Crippen LogP contribution is 2.58. The second-order valence-corrected chi connectivity index (χ2v) is 13.9. The predicted octanol–water partition coefficient (Wildman–Crippen LogP) is 6.98. The maximum Gasteiger partial charge on any atom is 0.235 e. The summed E-state index contributed by atoms with van der Waals surface area (Å²) in [4.78, 5) is 41.5. The second-order valence-electron chi connectivity index (χ2n) is 13.9. The molecule has 212 valence electrons. The highest BCUT2D eigenvalue weighted by molar-refractivity contribution is 5.99. The molecular weight excluding hydrogens is 498 g/mol. The molecule has 6 heteroatoms. The Labute approximate surface area is 238 Å². The van der Waals surface area contributed by atoms with Crippen molar-refractivity contribution in [3.05, 3.63) is 63.6 Å². The molecule has 2 fully saturated rings. The second kappa shape index (κ2) is 9.53. The number of hydrogen-bond acceptors (Lipinski definition) is 5. The van der Waals surface area contributed by atoms with Gasteiger partial charge in [0.2, 0.25) is 11.8 Å². The zero-order chi connectivity index (χ0) is 28.4. The Hall–Kier alpha value is -3.02. The van der Waals surface area contributed by atoms with E-state index in [2.05, 4.69) is 38.1 Å². The van der Waals surface area contributed by atoms with Crippen molar-refractivity contribution >= 4 is 23.2 Å². The number of nitrogens with two attached hydrogens (primary N) is 1. The lowest BCUT2D eigenvalue weighted by atomic mass is 9.49. The molecule has 2 aromatic carbocycles. The monoisotopic (exact) mass is 541 g/mol. The number of imide groups is 1. The number of benzene rings is 2. The van der Waals surface area contributed by atoms with Gasteiger partial charge < -0.3 is 5.73 Å². The molecule has 2 saturated carbocycles. The van der Waals surface area contributed by atoms with Crippen molar-refractivity contribution in [3.63, 3.8) is 0 Å². The van der Waals surface area contributed by atoms with Gasteiger partial charge in [-0.2, -0.15) is 0 Å². The van der Waals surface area contributed by atoms with Crippen molar-refractivity contribution < 1.29 is 9.59 Å². The van der Waals surface area contributed by atoms with Crippen LogP contribution in [0.5, 0.6) is 0 Å². The lowest BCUT2D eigenvalue weighted by Gasteiger charge is -2.55. The Bertz CT molecular complexity index is 1390. The Kier molecular flexibility index (Phi) is 6.47. The lowest BCUT2D eigenvalue weighted by Crippen LogP contribution is -2.58. The predicted molar refractivity (Wildman–Crippen MR) is 158 cm³/mol. The van der Waals surface area contributed by atoms with Gasteiger partial charge >= 0.3 is 0 Å². The number of hydrogen-bond donors (Lipinski definition) is 1. The third-order valence-electron chi connectivity index (χ3n) is 11.9. The largest absolute Gasteiger partial charge is 0.399 e. The number of aryl methyl sites for hydroxylation is 2. The number of nitroso groups, excluding NO2 is 1. The van der Waals surface area contributed by atoms with Crippen molar-refractivity contribution in [2.24, 2.45) is 28.3 Å². The summed E-state index contributed by atoms with van der Waals surface area (Å²) < 4.78 is 0.